The lowest BCUT2D eigenvalue weighted by Crippen LogP contribution is -2.12. The number of hydrogen-bond acceptors (Lipinski definition) is 4. The van der Waals surface area contributed by atoms with E-state index >= 15 is 0 Å². The summed E-state index contributed by atoms with van der Waals surface area (Å²) in [6.07, 6.45) is 2.61. The van der Waals surface area contributed by atoms with Crippen molar-refractivity contribution >= 4 is 23.4 Å². The molecule has 0 aliphatic heterocycles. The average Bonchev–Trinajstić information content (AvgIpc) is 2.92. The zero-order valence-corrected chi connectivity index (χ0v) is 11.4. The zero-order valence-electron chi connectivity index (χ0n) is 11.4. The van der Waals surface area contributed by atoms with Crippen LogP contribution >= 0.6 is 0 Å². The van der Waals surface area contributed by atoms with Gasteiger partial charge in [0, 0.05) is 18.9 Å². The average molecular weight is 276 g/mol. The van der Waals surface area contributed by atoms with Crippen LogP contribution in [-0.4, -0.2) is 22.7 Å². The summed E-state index contributed by atoms with van der Waals surface area (Å²) in [4.78, 5) is 17.7. The van der Waals surface area contributed by atoms with E-state index in [1.807, 2.05) is 48.5 Å². The predicted octanol–water partition coefficient (Wildman–Crippen LogP) is 2.79. The number of carbonyl (C=O) groups is 1. The number of aromatic nitrogens is 2. The summed E-state index contributed by atoms with van der Waals surface area (Å²) in [7, 11) is 1.84. The van der Waals surface area contributed by atoms with E-state index in [2.05, 4.69) is 11.1 Å². The van der Waals surface area contributed by atoms with Gasteiger partial charge in [-0.15, -0.1) is 0 Å². The van der Waals surface area contributed by atoms with Gasteiger partial charge in [0.1, 0.15) is 11.3 Å². The fourth-order valence-corrected chi connectivity index (χ4v) is 2.24. The van der Waals surface area contributed by atoms with Crippen molar-refractivity contribution in [1.29, 1.82) is 5.26 Å². The molecule has 3 rings (SSSR count). The highest BCUT2D eigenvalue weighted by Gasteiger charge is 2.16. The molecule has 2 aromatic heterocycles. The molecule has 2 heterocycles. The molecule has 1 aromatic carbocycles. The first-order valence-electron chi connectivity index (χ1n) is 6.41. The van der Waals surface area contributed by atoms with Crippen molar-refractivity contribution in [2.24, 2.45) is 0 Å². The molecule has 0 atom stereocenters. The van der Waals surface area contributed by atoms with Gasteiger partial charge in [-0.3, -0.25) is 9.20 Å². The lowest BCUT2D eigenvalue weighted by molar-refractivity contribution is 0.111. The molecule has 0 fully saturated rings. The van der Waals surface area contributed by atoms with Crippen LogP contribution in [0.1, 0.15) is 16.1 Å². The third-order valence-corrected chi connectivity index (χ3v) is 3.36. The number of benzene rings is 1. The van der Waals surface area contributed by atoms with Crippen LogP contribution in [-0.2, 0) is 0 Å². The van der Waals surface area contributed by atoms with Gasteiger partial charge in [-0.25, -0.2) is 4.98 Å². The van der Waals surface area contributed by atoms with Gasteiger partial charge in [-0.05, 0) is 36.4 Å². The van der Waals surface area contributed by atoms with Crippen molar-refractivity contribution in [3.63, 3.8) is 0 Å². The molecule has 0 saturated carbocycles. The Bertz CT molecular complexity index is 843. The van der Waals surface area contributed by atoms with Gasteiger partial charge in [-0.2, -0.15) is 5.26 Å². The number of nitrogens with zero attached hydrogens (tertiary/aromatic N) is 4. The SMILES string of the molecule is CN(c1ccc(C#N)cc1)c1nc2ccccn2c1C=O. The number of imidazole rings is 1. The quantitative estimate of drug-likeness (QED) is 0.690. The molecule has 0 N–H and O–H groups in total. The van der Waals surface area contributed by atoms with Crippen molar-refractivity contribution in [3.05, 3.63) is 59.9 Å². The summed E-state index contributed by atoms with van der Waals surface area (Å²) >= 11 is 0. The molecule has 5 heteroatoms. The van der Waals surface area contributed by atoms with Gasteiger partial charge in [0.15, 0.2) is 12.1 Å². The van der Waals surface area contributed by atoms with Crippen LogP contribution in [0.15, 0.2) is 48.7 Å². The molecule has 3 aromatic rings. The number of rotatable bonds is 3. The maximum atomic E-state index is 11.4. The van der Waals surface area contributed by atoms with Gasteiger partial charge in [0.2, 0.25) is 0 Å². The van der Waals surface area contributed by atoms with E-state index < -0.39 is 0 Å². The molecule has 0 saturated heterocycles. The number of anilines is 2. The number of nitriles is 1. The fourth-order valence-electron chi connectivity index (χ4n) is 2.24. The van der Waals surface area contributed by atoms with Crippen molar-refractivity contribution < 1.29 is 4.79 Å². The Morgan fingerprint density at radius 2 is 2.00 bits per heavy atom. The molecule has 0 aliphatic rings. The van der Waals surface area contributed by atoms with Crippen LogP contribution in [0.25, 0.3) is 5.65 Å². The molecule has 0 radical (unpaired) electrons. The molecular formula is C16H12N4O. The molecule has 0 aliphatic carbocycles. The molecule has 0 amide bonds. The largest absolute Gasteiger partial charge is 0.328 e. The second-order valence-electron chi connectivity index (χ2n) is 4.59. The molecule has 0 bridgehead atoms. The number of aldehydes is 1. The summed E-state index contributed by atoms with van der Waals surface area (Å²) in [6.45, 7) is 0. The highest BCUT2D eigenvalue weighted by molar-refractivity contribution is 5.85. The maximum Gasteiger partial charge on any atom is 0.170 e. The molecule has 5 nitrogen and oxygen atoms in total. The van der Waals surface area contributed by atoms with Crippen LogP contribution in [0.2, 0.25) is 0 Å². The van der Waals surface area contributed by atoms with E-state index in [9.17, 15) is 4.79 Å². The number of pyridine rings is 1. The Morgan fingerprint density at radius 1 is 1.24 bits per heavy atom. The summed E-state index contributed by atoms with van der Waals surface area (Å²) in [5, 5.41) is 8.84. The Balaban J connectivity index is 2.10. The lowest BCUT2D eigenvalue weighted by atomic mass is 10.2. The van der Waals surface area contributed by atoms with Crippen molar-refractivity contribution in [3.8, 4) is 6.07 Å². The molecule has 21 heavy (non-hydrogen) atoms. The van der Waals surface area contributed by atoms with E-state index in [1.54, 1.807) is 16.5 Å². The summed E-state index contributed by atoms with van der Waals surface area (Å²) in [5.41, 5.74) is 2.67. The monoisotopic (exact) mass is 276 g/mol. The first-order valence-corrected chi connectivity index (χ1v) is 6.41. The number of carbonyl (C=O) groups excluding carboxylic acids is 1. The minimum Gasteiger partial charge on any atom is -0.328 e. The van der Waals surface area contributed by atoms with Gasteiger partial charge in [-0.1, -0.05) is 6.07 Å². The topological polar surface area (TPSA) is 61.4 Å². The highest BCUT2D eigenvalue weighted by atomic mass is 16.1. The van der Waals surface area contributed by atoms with Gasteiger partial charge >= 0.3 is 0 Å². The van der Waals surface area contributed by atoms with Crippen LogP contribution in [0.5, 0.6) is 0 Å². The van der Waals surface area contributed by atoms with E-state index in [0.717, 1.165) is 17.6 Å². The first-order chi connectivity index (χ1) is 10.2. The van der Waals surface area contributed by atoms with Crippen molar-refractivity contribution in [2.75, 3.05) is 11.9 Å². The smallest absolute Gasteiger partial charge is 0.170 e. The van der Waals surface area contributed by atoms with Gasteiger partial charge < -0.3 is 4.90 Å². The molecular weight excluding hydrogens is 264 g/mol. The maximum absolute atomic E-state index is 11.4. The second-order valence-corrected chi connectivity index (χ2v) is 4.59. The van der Waals surface area contributed by atoms with Crippen LogP contribution in [0.4, 0.5) is 11.5 Å². The normalized spacial score (nSPS) is 10.3. The Kier molecular flexibility index (Phi) is 3.13. The number of fused-ring (bicyclic) bond motifs is 1. The van der Waals surface area contributed by atoms with Crippen molar-refractivity contribution in [2.45, 2.75) is 0 Å². The Hall–Kier alpha value is -3.13. The van der Waals surface area contributed by atoms with E-state index in [4.69, 9.17) is 5.26 Å². The number of hydrogen-bond donors (Lipinski definition) is 0. The summed E-state index contributed by atoms with van der Waals surface area (Å²) < 4.78 is 1.75. The minimum absolute atomic E-state index is 0.498. The van der Waals surface area contributed by atoms with Gasteiger partial charge in [0.05, 0.1) is 11.6 Å². The Morgan fingerprint density at radius 3 is 2.67 bits per heavy atom. The molecule has 0 unspecified atom stereocenters. The lowest BCUT2D eigenvalue weighted by Gasteiger charge is -2.17. The Labute approximate surface area is 121 Å². The summed E-state index contributed by atoms with van der Waals surface area (Å²) in [6, 6.07) is 14.8. The second kappa shape index (κ2) is 5.10. The van der Waals surface area contributed by atoms with Gasteiger partial charge in [0.25, 0.3) is 0 Å². The van der Waals surface area contributed by atoms with Crippen molar-refractivity contribution in [1.82, 2.24) is 9.38 Å². The predicted molar refractivity (Wildman–Crippen MR) is 79.8 cm³/mol. The zero-order chi connectivity index (χ0) is 14.8. The van der Waals surface area contributed by atoms with Crippen LogP contribution < -0.4 is 4.90 Å². The van der Waals surface area contributed by atoms with E-state index in [0.29, 0.717) is 17.1 Å². The summed E-state index contributed by atoms with van der Waals surface area (Å²) in [5.74, 6) is 0.584. The van der Waals surface area contributed by atoms with Crippen LogP contribution in [0, 0.1) is 11.3 Å². The highest BCUT2D eigenvalue weighted by Crippen LogP contribution is 2.26. The standard InChI is InChI=1S/C16H12N4O/c1-19(13-7-5-12(10-17)6-8-13)16-14(11-21)20-9-3-2-4-15(20)18-16/h2-9,11H,1H3. The van der Waals surface area contributed by atoms with Crippen LogP contribution in [0.3, 0.4) is 0 Å². The van der Waals surface area contributed by atoms with E-state index in [1.165, 1.54) is 0 Å². The third-order valence-electron chi connectivity index (χ3n) is 3.36. The minimum atomic E-state index is 0.498. The molecule has 102 valence electrons. The third kappa shape index (κ3) is 2.13. The van der Waals surface area contributed by atoms with E-state index in [-0.39, 0.29) is 0 Å². The first kappa shape index (κ1) is 12.9. The molecule has 0 spiro atoms. The fraction of sp³-hybridized carbons (Fsp3) is 0.0625.